The van der Waals surface area contributed by atoms with Gasteiger partial charge in [0.25, 0.3) is 0 Å². The average molecular weight is 469 g/mol. The molecule has 182 valence electrons. The van der Waals surface area contributed by atoms with Crippen molar-refractivity contribution in [3.8, 4) is 11.5 Å². The van der Waals surface area contributed by atoms with E-state index in [2.05, 4.69) is 4.74 Å². The molecule has 1 atom stereocenters. The number of allylic oxidation sites excluding steroid dienone is 2. The second-order valence-electron chi connectivity index (χ2n) is 8.00. The predicted octanol–water partition coefficient (Wildman–Crippen LogP) is 5.42. The number of Topliss-reactive ketones (excluding diaryl/α,β-unsaturated/α-hetero) is 1. The maximum atomic E-state index is 12.9. The van der Waals surface area contributed by atoms with Crippen LogP contribution in [0, 0.1) is 0 Å². The van der Waals surface area contributed by atoms with Gasteiger partial charge in [-0.15, -0.1) is 0 Å². The highest BCUT2D eigenvalue weighted by Gasteiger charge is 2.22. The van der Waals surface area contributed by atoms with Gasteiger partial charge in [0.2, 0.25) is 0 Å². The highest BCUT2D eigenvalue weighted by Crippen LogP contribution is 2.26. The summed E-state index contributed by atoms with van der Waals surface area (Å²) < 4.78 is 15.5. The van der Waals surface area contributed by atoms with Crippen molar-refractivity contribution in [2.45, 2.75) is 52.4 Å². The van der Waals surface area contributed by atoms with E-state index >= 15 is 0 Å². The smallest absolute Gasteiger partial charge is 0.351 e. The Bertz CT molecular complexity index is 1110. The van der Waals surface area contributed by atoms with E-state index in [1.165, 1.54) is 13.2 Å². The lowest BCUT2D eigenvalue weighted by atomic mass is 9.99. The van der Waals surface area contributed by atoms with Gasteiger partial charge in [-0.25, -0.2) is 4.79 Å². The Labute approximate surface area is 199 Å². The summed E-state index contributed by atoms with van der Waals surface area (Å²) in [7, 11) is 1.33. The lowest BCUT2D eigenvalue weighted by Crippen LogP contribution is -2.16. The summed E-state index contributed by atoms with van der Waals surface area (Å²) in [4.78, 5) is 36.6. The second kappa shape index (κ2) is 13.2. The molecule has 2 aromatic rings. The van der Waals surface area contributed by atoms with Crippen LogP contribution < -0.4 is 10.4 Å². The van der Waals surface area contributed by atoms with E-state index in [1.807, 2.05) is 38.1 Å². The molecule has 1 unspecified atom stereocenters. The predicted molar refractivity (Wildman–Crippen MR) is 130 cm³/mol. The van der Waals surface area contributed by atoms with Gasteiger partial charge in [0.05, 0.1) is 20.1 Å². The largest absolute Gasteiger partial charge is 0.507 e. The van der Waals surface area contributed by atoms with Crippen molar-refractivity contribution < 1.29 is 28.6 Å². The van der Waals surface area contributed by atoms with Crippen molar-refractivity contribution >= 4 is 17.8 Å². The molecular formula is C27H32O7. The number of aromatic hydroxyl groups is 1. The molecule has 2 rings (SSSR count). The summed E-state index contributed by atoms with van der Waals surface area (Å²) in [6.07, 6.45) is 7.55. The molecule has 1 aromatic heterocycles. The number of hydrogen-bond donors (Lipinski definition) is 1. The summed E-state index contributed by atoms with van der Waals surface area (Å²) >= 11 is 0. The van der Waals surface area contributed by atoms with E-state index in [4.69, 9.17) is 9.15 Å². The van der Waals surface area contributed by atoms with Gasteiger partial charge in [-0.05, 0) is 55.5 Å². The number of esters is 1. The molecule has 7 heteroatoms. The van der Waals surface area contributed by atoms with Crippen molar-refractivity contribution in [1.29, 1.82) is 0 Å². The normalized spacial score (nSPS) is 12.5. The number of rotatable bonds is 12. The van der Waals surface area contributed by atoms with Gasteiger partial charge in [-0.1, -0.05) is 38.1 Å². The lowest BCUT2D eigenvalue weighted by Gasteiger charge is -2.11. The minimum Gasteiger partial charge on any atom is -0.507 e. The Balaban J connectivity index is 2.13. The van der Waals surface area contributed by atoms with Gasteiger partial charge < -0.3 is 19.0 Å². The molecule has 34 heavy (non-hydrogen) atoms. The van der Waals surface area contributed by atoms with Crippen LogP contribution in [0.3, 0.4) is 0 Å². The van der Waals surface area contributed by atoms with Crippen molar-refractivity contribution in [1.82, 2.24) is 0 Å². The van der Waals surface area contributed by atoms with Crippen LogP contribution in [-0.4, -0.2) is 30.6 Å². The van der Waals surface area contributed by atoms with Crippen molar-refractivity contribution in [3.05, 3.63) is 75.4 Å². The van der Waals surface area contributed by atoms with E-state index in [-0.39, 0.29) is 29.4 Å². The molecule has 0 aliphatic rings. The molecule has 0 fully saturated rings. The highest BCUT2D eigenvalue weighted by atomic mass is 16.5. The first-order valence-electron chi connectivity index (χ1n) is 11.3. The molecule has 1 N–H and O–H groups in total. The van der Waals surface area contributed by atoms with E-state index in [0.29, 0.717) is 31.0 Å². The number of hydrogen-bond acceptors (Lipinski definition) is 7. The minimum atomic E-state index is -0.874. The summed E-state index contributed by atoms with van der Waals surface area (Å²) in [5.74, 6) is -0.511. The zero-order valence-electron chi connectivity index (χ0n) is 20.1. The number of ketones is 1. The maximum absolute atomic E-state index is 12.9. The fourth-order valence-electron chi connectivity index (χ4n) is 3.25. The van der Waals surface area contributed by atoms with Gasteiger partial charge >= 0.3 is 11.6 Å². The topological polar surface area (TPSA) is 103 Å². The highest BCUT2D eigenvalue weighted by molar-refractivity contribution is 6.12. The Morgan fingerprint density at radius 2 is 1.97 bits per heavy atom. The third-order valence-corrected chi connectivity index (χ3v) is 5.18. The van der Waals surface area contributed by atoms with Gasteiger partial charge in [-0.2, -0.15) is 0 Å². The van der Waals surface area contributed by atoms with Gasteiger partial charge in [-0.3, -0.25) is 9.59 Å². The average Bonchev–Trinajstić information content (AvgIpc) is 2.81. The van der Waals surface area contributed by atoms with Crippen LogP contribution in [0.5, 0.6) is 11.5 Å². The summed E-state index contributed by atoms with van der Waals surface area (Å²) in [5, 5.41) is 10.5. The number of carbonyl (C=O) groups excluding carboxylic acids is 2. The monoisotopic (exact) mass is 468 g/mol. The van der Waals surface area contributed by atoms with Crippen LogP contribution >= 0.6 is 0 Å². The molecule has 7 nitrogen and oxygen atoms in total. The van der Waals surface area contributed by atoms with Crippen LogP contribution in [0.15, 0.2) is 57.3 Å². The van der Waals surface area contributed by atoms with Gasteiger partial charge in [0, 0.05) is 12.0 Å². The standard InChI is InChI=1S/C27H32O7/c1-5-14-33-21-12-9-11-20(16-21)15-19(3)26(30)25-22(28)17-23(34-27(25)31)18(2)10-7-6-8-13-24(29)32-4/h6,8-9,11-12,15-18,28H,5,7,10,13-14H2,1-4H3/b8-6+,19-15?. The molecule has 0 spiro atoms. The minimum absolute atomic E-state index is 0.173. The van der Waals surface area contributed by atoms with E-state index in [9.17, 15) is 19.5 Å². The van der Waals surface area contributed by atoms with Crippen LogP contribution in [-0.2, 0) is 9.53 Å². The first kappa shape index (κ1) is 26.6. The third-order valence-electron chi connectivity index (χ3n) is 5.18. The number of methoxy groups -OCH3 is 1. The summed E-state index contributed by atoms with van der Waals surface area (Å²) in [6, 6.07) is 8.60. The SMILES string of the molecule is CCCOc1cccc(C=C(C)C(=O)c2c(O)cc(C(C)CC/C=C/CC(=O)OC)oc2=O)c1. The first-order chi connectivity index (χ1) is 16.3. The third kappa shape index (κ3) is 7.76. The molecule has 0 saturated carbocycles. The van der Waals surface area contributed by atoms with E-state index in [0.717, 1.165) is 12.0 Å². The molecule has 0 radical (unpaired) electrons. The van der Waals surface area contributed by atoms with Gasteiger partial charge in [0.1, 0.15) is 22.8 Å². The summed E-state index contributed by atoms with van der Waals surface area (Å²) in [5.41, 5.74) is -0.234. The van der Waals surface area contributed by atoms with Crippen LogP contribution in [0.2, 0.25) is 0 Å². The molecule has 0 aliphatic heterocycles. The zero-order valence-corrected chi connectivity index (χ0v) is 20.1. The molecule has 0 bridgehead atoms. The first-order valence-corrected chi connectivity index (χ1v) is 11.3. The number of carbonyl (C=O) groups is 2. The fourth-order valence-corrected chi connectivity index (χ4v) is 3.25. The second-order valence-corrected chi connectivity index (χ2v) is 8.00. The number of ether oxygens (including phenoxy) is 2. The van der Waals surface area contributed by atoms with Crippen LogP contribution in [0.4, 0.5) is 0 Å². The molecule has 0 amide bonds. The fraction of sp³-hybridized carbons (Fsp3) is 0.370. The van der Waals surface area contributed by atoms with E-state index < -0.39 is 17.2 Å². The van der Waals surface area contributed by atoms with Crippen molar-refractivity contribution in [2.24, 2.45) is 0 Å². The van der Waals surface area contributed by atoms with Crippen LogP contribution in [0.25, 0.3) is 6.08 Å². The van der Waals surface area contributed by atoms with Gasteiger partial charge in [0.15, 0.2) is 5.78 Å². The molecule has 1 aromatic carbocycles. The Morgan fingerprint density at radius 1 is 1.21 bits per heavy atom. The Kier molecular flexibility index (Phi) is 10.3. The maximum Gasteiger partial charge on any atom is 0.351 e. The lowest BCUT2D eigenvalue weighted by molar-refractivity contribution is -0.139. The quantitative estimate of drug-likeness (QED) is 0.192. The molecule has 0 saturated heterocycles. The van der Waals surface area contributed by atoms with Crippen LogP contribution in [0.1, 0.15) is 74.1 Å². The number of benzene rings is 1. The molecular weight excluding hydrogens is 436 g/mol. The van der Waals surface area contributed by atoms with E-state index in [1.54, 1.807) is 25.1 Å². The Morgan fingerprint density at radius 3 is 2.65 bits per heavy atom. The van der Waals surface area contributed by atoms with Crippen molar-refractivity contribution in [3.63, 3.8) is 0 Å². The molecule has 1 heterocycles. The molecule has 0 aliphatic carbocycles. The summed E-state index contributed by atoms with van der Waals surface area (Å²) in [6.45, 7) is 6.04. The zero-order chi connectivity index (χ0) is 25.1. The Hall–Kier alpha value is -3.61. The van der Waals surface area contributed by atoms with Crippen molar-refractivity contribution in [2.75, 3.05) is 13.7 Å².